The fraction of sp³-hybridized carbons (Fsp3) is 0.292. The molecule has 0 saturated carbocycles. The summed E-state index contributed by atoms with van der Waals surface area (Å²) in [5.74, 6) is -1.02. The SMILES string of the molecule is CC(OC(=O)c1csc(NCc2ccccc2)n1)C(=O)Nc1ccc(C(C)(C)C)cc1. The summed E-state index contributed by atoms with van der Waals surface area (Å²) in [5.41, 5.74) is 3.15. The quantitative estimate of drug-likeness (QED) is 0.494. The highest BCUT2D eigenvalue weighted by molar-refractivity contribution is 7.13. The van der Waals surface area contributed by atoms with Gasteiger partial charge in [-0.2, -0.15) is 0 Å². The number of hydrogen-bond donors (Lipinski definition) is 2. The maximum absolute atomic E-state index is 12.4. The normalized spacial score (nSPS) is 12.1. The fourth-order valence-corrected chi connectivity index (χ4v) is 3.47. The van der Waals surface area contributed by atoms with Crippen LogP contribution in [0, 0.1) is 0 Å². The molecule has 1 amide bonds. The van der Waals surface area contributed by atoms with Gasteiger partial charge in [0.1, 0.15) is 0 Å². The van der Waals surface area contributed by atoms with Crippen LogP contribution in [0.1, 0.15) is 49.3 Å². The number of carbonyl (C=O) groups excluding carboxylic acids is 2. The lowest BCUT2D eigenvalue weighted by atomic mass is 9.87. The number of hydrogen-bond acceptors (Lipinski definition) is 6. The molecule has 2 N–H and O–H groups in total. The Morgan fingerprint density at radius 2 is 1.74 bits per heavy atom. The summed E-state index contributed by atoms with van der Waals surface area (Å²) in [6, 6.07) is 17.5. The molecule has 3 rings (SSSR count). The Kier molecular flexibility index (Phi) is 7.07. The second-order valence-electron chi connectivity index (χ2n) is 8.24. The Hall–Kier alpha value is -3.19. The van der Waals surface area contributed by atoms with E-state index in [9.17, 15) is 9.59 Å². The van der Waals surface area contributed by atoms with E-state index < -0.39 is 18.0 Å². The second kappa shape index (κ2) is 9.75. The molecule has 0 aliphatic heterocycles. The van der Waals surface area contributed by atoms with E-state index in [0.29, 0.717) is 17.4 Å². The summed E-state index contributed by atoms with van der Waals surface area (Å²) in [5, 5.41) is 8.19. The van der Waals surface area contributed by atoms with Crippen LogP contribution in [0.2, 0.25) is 0 Å². The zero-order chi connectivity index (χ0) is 22.4. The van der Waals surface area contributed by atoms with Gasteiger partial charge in [-0.25, -0.2) is 9.78 Å². The smallest absolute Gasteiger partial charge is 0.358 e. The number of amides is 1. The molecule has 1 aromatic heterocycles. The minimum absolute atomic E-state index is 0.0354. The van der Waals surface area contributed by atoms with Crippen LogP contribution < -0.4 is 10.6 Å². The van der Waals surface area contributed by atoms with Crippen molar-refractivity contribution in [2.24, 2.45) is 0 Å². The van der Waals surface area contributed by atoms with Crippen molar-refractivity contribution in [1.82, 2.24) is 4.98 Å². The molecule has 3 aromatic rings. The van der Waals surface area contributed by atoms with Gasteiger partial charge >= 0.3 is 5.97 Å². The number of esters is 1. The number of benzene rings is 2. The van der Waals surface area contributed by atoms with Crippen LogP contribution in [0.3, 0.4) is 0 Å². The second-order valence-corrected chi connectivity index (χ2v) is 9.10. The first kappa shape index (κ1) is 22.5. The third-order valence-corrected chi connectivity index (χ3v) is 5.47. The number of rotatable bonds is 7. The molecule has 0 aliphatic carbocycles. The Balaban J connectivity index is 1.51. The molecule has 0 radical (unpaired) electrons. The minimum atomic E-state index is -0.947. The molecule has 162 valence electrons. The Morgan fingerprint density at radius 1 is 1.06 bits per heavy atom. The summed E-state index contributed by atoms with van der Waals surface area (Å²) in [6.45, 7) is 8.53. The number of carbonyl (C=O) groups is 2. The van der Waals surface area contributed by atoms with Gasteiger partial charge in [-0.1, -0.05) is 63.2 Å². The fourth-order valence-electron chi connectivity index (χ4n) is 2.79. The van der Waals surface area contributed by atoms with E-state index in [1.54, 1.807) is 5.38 Å². The van der Waals surface area contributed by atoms with Gasteiger partial charge in [0.15, 0.2) is 16.9 Å². The highest BCUT2D eigenvalue weighted by atomic mass is 32.1. The minimum Gasteiger partial charge on any atom is -0.448 e. The number of nitrogens with zero attached hydrogens (tertiary/aromatic N) is 1. The van der Waals surface area contributed by atoms with Gasteiger partial charge in [0.2, 0.25) is 0 Å². The zero-order valence-electron chi connectivity index (χ0n) is 18.1. The number of nitrogens with one attached hydrogen (secondary N) is 2. The highest BCUT2D eigenvalue weighted by Crippen LogP contribution is 2.23. The predicted molar refractivity (Wildman–Crippen MR) is 125 cm³/mol. The lowest BCUT2D eigenvalue weighted by Gasteiger charge is -2.19. The molecule has 2 aromatic carbocycles. The molecular formula is C24H27N3O3S. The van der Waals surface area contributed by atoms with Crippen LogP contribution >= 0.6 is 11.3 Å². The maximum atomic E-state index is 12.4. The van der Waals surface area contributed by atoms with Gasteiger partial charge in [0.05, 0.1) is 0 Å². The van der Waals surface area contributed by atoms with Gasteiger partial charge in [-0.05, 0) is 35.6 Å². The summed E-state index contributed by atoms with van der Waals surface area (Å²) in [6.07, 6.45) is -0.947. The molecule has 0 fully saturated rings. The van der Waals surface area contributed by atoms with Crippen molar-refractivity contribution in [2.75, 3.05) is 10.6 Å². The van der Waals surface area contributed by atoms with Gasteiger partial charge in [-0.3, -0.25) is 4.79 Å². The molecule has 0 saturated heterocycles. The Labute approximate surface area is 186 Å². The number of ether oxygens (including phenoxy) is 1. The van der Waals surface area contributed by atoms with E-state index in [2.05, 4.69) is 36.4 Å². The average molecular weight is 438 g/mol. The van der Waals surface area contributed by atoms with E-state index in [1.807, 2.05) is 54.6 Å². The maximum Gasteiger partial charge on any atom is 0.358 e. The van der Waals surface area contributed by atoms with Crippen LogP contribution in [0.15, 0.2) is 60.0 Å². The van der Waals surface area contributed by atoms with Gasteiger partial charge < -0.3 is 15.4 Å². The molecule has 7 heteroatoms. The predicted octanol–water partition coefficient (Wildman–Crippen LogP) is 5.24. The first-order valence-electron chi connectivity index (χ1n) is 10.1. The van der Waals surface area contributed by atoms with Crippen LogP contribution in [-0.2, 0) is 21.5 Å². The van der Waals surface area contributed by atoms with Gasteiger partial charge in [-0.15, -0.1) is 11.3 Å². The molecule has 1 heterocycles. The van der Waals surface area contributed by atoms with E-state index in [4.69, 9.17) is 4.74 Å². The first-order valence-corrected chi connectivity index (χ1v) is 11.0. The molecular weight excluding hydrogens is 410 g/mol. The lowest BCUT2D eigenvalue weighted by Crippen LogP contribution is -2.30. The van der Waals surface area contributed by atoms with Crippen molar-refractivity contribution in [3.63, 3.8) is 0 Å². The lowest BCUT2D eigenvalue weighted by molar-refractivity contribution is -0.123. The first-order chi connectivity index (χ1) is 14.7. The van der Waals surface area contributed by atoms with E-state index in [1.165, 1.54) is 23.8 Å². The molecule has 0 spiro atoms. The number of anilines is 2. The Morgan fingerprint density at radius 3 is 2.39 bits per heavy atom. The molecule has 0 aliphatic rings. The van der Waals surface area contributed by atoms with Crippen molar-refractivity contribution in [3.05, 3.63) is 76.8 Å². The van der Waals surface area contributed by atoms with Crippen molar-refractivity contribution in [1.29, 1.82) is 0 Å². The average Bonchev–Trinajstić information content (AvgIpc) is 3.22. The molecule has 1 atom stereocenters. The largest absolute Gasteiger partial charge is 0.448 e. The monoisotopic (exact) mass is 437 g/mol. The van der Waals surface area contributed by atoms with Gasteiger partial charge in [0.25, 0.3) is 5.91 Å². The molecule has 6 nitrogen and oxygen atoms in total. The van der Waals surface area contributed by atoms with E-state index in [-0.39, 0.29) is 11.1 Å². The van der Waals surface area contributed by atoms with Crippen molar-refractivity contribution in [3.8, 4) is 0 Å². The summed E-state index contributed by atoms with van der Waals surface area (Å²) in [4.78, 5) is 29.0. The van der Waals surface area contributed by atoms with E-state index in [0.717, 1.165) is 5.56 Å². The third kappa shape index (κ3) is 6.39. The van der Waals surface area contributed by atoms with E-state index >= 15 is 0 Å². The number of thiazole rings is 1. The number of aromatic nitrogens is 1. The van der Waals surface area contributed by atoms with Crippen molar-refractivity contribution >= 4 is 34.0 Å². The standard InChI is InChI=1S/C24H27N3O3S/c1-16(21(28)26-19-12-10-18(11-13-19)24(2,3)4)30-22(29)20-15-31-23(27-20)25-14-17-8-6-5-7-9-17/h5-13,15-16H,14H2,1-4H3,(H,25,27)(H,26,28). The molecule has 31 heavy (non-hydrogen) atoms. The third-order valence-electron chi connectivity index (χ3n) is 4.67. The van der Waals surface area contributed by atoms with Crippen molar-refractivity contribution in [2.45, 2.75) is 45.8 Å². The van der Waals surface area contributed by atoms with Crippen LogP contribution in [0.25, 0.3) is 0 Å². The van der Waals surface area contributed by atoms with Gasteiger partial charge in [0, 0.05) is 17.6 Å². The van der Waals surface area contributed by atoms with Crippen LogP contribution in [0.5, 0.6) is 0 Å². The molecule has 1 unspecified atom stereocenters. The highest BCUT2D eigenvalue weighted by Gasteiger charge is 2.21. The molecule has 0 bridgehead atoms. The van der Waals surface area contributed by atoms with Crippen LogP contribution in [-0.4, -0.2) is 23.0 Å². The summed E-state index contributed by atoms with van der Waals surface area (Å²) in [7, 11) is 0. The summed E-state index contributed by atoms with van der Waals surface area (Å²) < 4.78 is 5.29. The Bertz CT molecular complexity index is 1020. The topological polar surface area (TPSA) is 80.3 Å². The van der Waals surface area contributed by atoms with Crippen LogP contribution in [0.4, 0.5) is 10.8 Å². The summed E-state index contributed by atoms with van der Waals surface area (Å²) >= 11 is 1.31. The van der Waals surface area contributed by atoms with Crippen molar-refractivity contribution < 1.29 is 14.3 Å². The zero-order valence-corrected chi connectivity index (χ0v) is 19.0.